The van der Waals surface area contributed by atoms with Gasteiger partial charge in [-0.25, -0.2) is 8.42 Å². The average Bonchev–Trinajstić information content (AvgIpc) is 2.77. The largest absolute Gasteiger partial charge is 0.389 e. The number of rotatable bonds is 6. The molecular formula is C11H14ClF3N2O3S. The summed E-state index contributed by atoms with van der Waals surface area (Å²) in [5.41, 5.74) is 0.0312. The summed E-state index contributed by atoms with van der Waals surface area (Å²) >= 11 is 0. The monoisotopic (exact) mass is 346 g/mol. The molecule has 0 unspecified atom stereocenters. The number of carbonyl (C=O) groups excluding carboxylic acids is 1. The molecule has 0 aromatic carbocycles. The molecule has 5 nitrogen and oxygen atoms in total. The highest BCUT2D eigenvalue weighted by Crippen LogP contribution is 2.21. The summed E-state index contributed by atoms with van der Waals surface area (Å²) in [5, 5.41) is 2.31. The summed E-state index contributed by atoms with van der Waals surface area (Å²) in [6, 6.07) is 1.09. The van der Waals surface area contributed by atoms with E-state index in [1.807, 2.05) is 0 Å². The van der Waals surface area contributed by atoms with E-state index in [1.54, 1.807) is 6.92 Å². The third-order valence-corrected chi connectivity index (χ3v) is 3.97. The van der Waals surface area contributed by atoms with Crippen LogP contribution in [0.5, 0.6) is 0 Å². The van der Waals surface area contributed by atoms with Crippen molar-refractivity contribution in [3.05, 3.63) is 18.0 Å². The number of nitrogens with zero attached hydrogens (tertiary/aromatic N) is 1. The molecule has 0 fully saturated rings. The molecule has 0 saturated heterocycles. The van der Waals surface area contributed by atoms with Gasteiger partial charge in [0.05, 0.1) is 0 Å². The SMILES string of the molecule is CCn1cc(S(=O)(=O)Cl)cc1C(=O)NCCCC(F)(F)F. The molecule has 1 aromatic heterocycles. The minimum Gasteiger partial charge on any atom is -0.351 e. The van der Waals surface area contributed by atoms with Crippen LogP contribution in [0.1, 0.15) is 30.3 Å². The summed E-state index contributed by atoms with van der Waals surface area (Å²) in [6.45, 7) is 1.85. The van der Waals surface area contributed by atoms with Crippen molar-refractivity contribution < 1.29 is 26.4 Å². The van der Waals surface area contributed by atoms with Gasteiger partial charge in [0, 0.05) is 36.4 Å². The van der Waals surface area contributed by atoms with Gasteiger partial charge in [0.25, 0.3) is 15.0 Å². The van der Waals surface area contributed by atoms with Gasteiger partial charge in [-0.2, -0.15) is 13.2 Å². The van der Waals surface area contributed by atoms with Crippen LogP contribution in [-0.2, 0) is 15.6 Å². The molecule has 0 aliphatic rings. The van der Waals surface area contributed by atoms with Crippen LogP contribution in [0.2, 0.25) is 0 Å². The predicted molar refractivity (Wildman–Crippen MR) is 70.8 cm³/mol. The normalized spacial score (nSPS) is 12.4. The van der Waals surface area contributed by atoms with E-state index in [4.69, 9.17) is 10.7 Å². The topological polar surface area (TPSA) is 68.2 Å². The maximum Gasteiger partial charge on any atom is 0.389 e. The zero-order valence-corrected chi connectivity index (χ0v) is 12.6. The van der Waals surface area contributed by atoms with Crippen molar-refractivity contribution in [3.8, 4) is 0 Å². The van der Waals surface area contributed by atoms with Crippen LogP contribution < -0.4 is 5.32 Å². The van der Waals surface area contributed by atoms with E-state index in [0.717, 1.165) is 6.07 Å². The van der Waals surface area contributed by atoms with E-state index < -0.39 is 27.6 Å². The number of carbonyl (C=O) groups is 1. The number of nitrogens with one attached hydrogen (secondary N) is 1. The zero-order valence-electron chi connectivity index (χ0n) is 11.1. The van der Waals surface area contributed by atoms with Gasteiger partial charge in [0.2, 0.25) is 0 Å². The Kier molecular flexibility index (Phi) is 5.68. The highest BCUT2D eigenvalue weighted by atomic mass is 35.7. The molecule has 120 valence electrons. The van der Waals surface area contributed by atoms with Gasteiger partial charge in [-0.3, -0.25) is 4.79 Å². The highest BCUT2D eigenvalue weighted by molar-refractivity contribution is 8.13. The number of alkyl halides is 3. The van der Waals surface area contributed by atoms with Gasteiger partial charge in [-0.15, -0.1) is 0 Å². The van der Waals surface area contributed by atoms with Crippen LogP contribution in [-0.4, -0.2) is 31.6 Å². The first-order valence-electron chi connectivity index (χ1n) is 6.04. The van der Waals surface area contributed by atoms with Gasteiger partial charge >= 0.3 is 6.18 Å². The molecule has 1 amide bonds. The van der Waals surface area contributed by atoms with Gasteiger partial charge in [-0.1, -0.05) is 0 Å². The van der Waals surface area contributed by atoms with Crippen LogP contribution >= 0.6 is 10.7 Å². The molecule has 1 N–H and O–H groups in total. The number of hydrogen-bond donors (Lipinski definition) is 1. The Hall–Kier alpha value is -1.22. The third-order valence-electron chi connectivity index (χ3n) is 2.65. The van der Waals surface area contributed by atoms with Crippen molar-refractivity contribution in [1.82, 2.24) is 9.88 Å². The van der Waals surface area contributed by atoms with Crippen LogP contribution in [0.25, 0.3) is 0 Å². The van der Waals surface area contributed by atoms with Crippen molar-refractivity contribution in [2.75, 3.05) is 6.54 Å². The molecule has 1 heterocycles. The summed E-state index contributed by atoms with van der Waals surface area (Å²) in [7, 11) is 1.21. The fraction of sp³-hybridized carbons (Fsp3) is 0.545. The molecule has 1 aromatic rings. The fourth-order valence-corrected chi connectivity index (χ4v) is 2.41. The minimum atomic E-state index is -4.27. The summed E-state index contributed by atoms with van der Waals surface area (Å²) in [5.74, 6) is -0.648. The van der Waals surface area contributed by atoms with Crippen LogP contribution in [0.15, 0.2) is 17.2 Å². The Labute approximate surface area is 124 Å². The smallest absolute Gasteiger partial charge is 0.351 e. The Morgan fingerprint density at radius 1 is 1.43 bits per heavy atom. The number of amides is 1. The molecule has 0 spiro atoms. The Morgan fingerprint density at radius 3 is 2.52 bits per heavy atom. The molecule has 0 saturated carbocycles. The van der Waals surface area contributed by atoms with Gasteiger partial charge in [0.15, 0.2) is 0 Å². The van der Waals surface area contributed by atoms with Crippen molar-refractivity contribution in [2.24, 2.45) is 0 Å². The Bertz CT molecular complexity index is 611. The number of hydrogen-bond acceptors (Lipinski definition) is 3. The van der Waals surface area contributed by atoms with E-state index >= 15 is 0 Å². The molecule has 0 aliphatic carbocycles. The molecular weight excluding hydrogens is 333 g/mol. The second-order valence-corrected chi connectivity index (χ2v) is 6.83. The van der Waals surface area contributed by atoms with E-state index in [2.05, 4.69) is 5.32 Å². The molecule has 0 bridgehead atoms. The lowest BCUT2D eigenvalue weighted by molar-refractivity contribution is -0.135. The molecule has 0 aliphatic heterocycles. The highest BCUT2D eigenvalue weighted by Gasteiger charge is 2.26. The molecule has 0 radical (unpaired) electrons. The Balaban J connectivity index is 2.72. The second kappa shape index (κ2) is 6.69. The standard InChI is InChI=1S/C11H14ClF3N2O3S/c1-2-17-7-8(21(12,19)20)6-9(17)10(18)16-5-3-4-11(13,14)15/h6-7H,2-5H2,1H3,(H,16,18). The van der Waals surface area contributed by atoms with Crippen molar-refractivity contribution >= 4 is 25.6 Å². The summed E-state index contributed by atoms with van der Waals surface area (Å²) in [6.07, 6.45) is -4.31. The van der Waals surface area contributed by atoms with E-state index in [-0.39, 0.29) is 23.6 Å². The first kappa shape index (κ1) is 17.8. The number of aromatic nitrogens is 1. The van der Waals surface area contributed by atoms with Gasteiger partial charge in [0.1, 0.15) is 10.6 Å². The lowest BCUT2D eigenvalue weighted by Gasteiger charge is -2.08. The molecule has 0 atom stereocenters. The fourth-order valence-electron chi connectivity index (χ4n) is 1.65. The zero-order chi connectivity index (χ0) is 16.3. The lowest BCUT2D eigenvalue weighted by Crippen LogP contribution is -2.27. The first-order valence-corrected chi connectivity index (χ1v) is 8.35. The van der Waals surface area contributed by atoms with Crippen molar-refractivity contribution in [3.63, 3.8) is 0 Å². The van der Waals surface area contributed by atoms with E-state index in [9.17, 15) is 26.4 Å². The summed E-state index contributed by atoms with van der Waals surface area (Å²) in [4.78, 5) is 11.6. The van der Waals surface area contributed by atoms with Crippen molar-refractivity contribution in [1.29, 1.82) is 0 Å². The first-order chi connectivity index (χ1) is 9.54. The van der Waals surface area contributed by atoms with Crippen LogP contribution in [0.4, 0.5) is 13.2 Å². The van der Waals surface area contributed by atoms with Crippen LogP contribution in [0, 0.1) is 0 Å². The molecule has 21 heavy (non-hydrogen) atoms. The quantitative estimate of drug-likeness (QED) is 0.635. The maximum absolute atomic E-state index is 12.0. The van der Waals surface area contributed by atoms with Gasteiger partial charge in [-0.05, 0) is 19.4 Å². The number of aryl methyl sites for hydroxylation is 1. The van der Waals surface area contributed by atoms with Gasteiger partial charge < -0.3 is 9.88 Å². The second-order valence-electron chi connectivity index (χ2n) is 4.26. The third kappa shape index (κ3) is 5.58. The lowest BCUT2D eigenvalue weighted by atomic mass is 10.3. The average molecular weight is 347 g/mol. The molecule has 1 rings (SSSR count). The van der Waals surface area contributed by atoms with Crippen molar-refractivity contribution in [2.45, 2.75) is 37.4 Å². The number of halogens is 4. The van der Waals surface area contributed by atoms with Crippen LogP contribution in [0.3, 0.4) is 0 Å². The van der Waals surface area contributed by atoms with E-state index in [0.29, 0.717) is 6.54 Å². The maximum atomic E-state index is 12.0. The minimum absolute atomic E-state index is 0.0312. The Morgan fingerprint density at radius 2 is 2.05 bits per heavy atom. The predicted octanol–water partition coefficient (Wildman–Crippen LogP) is 2.51. The molecule has 10 heteroatoms. The summed E-state index contributed by atoms with van der Waals surface area (Å²) < 4.78 is 59.6. The van der Waals surface area contributed by atoms with E-state index in [1.165, 1.54) is 10.8 Å².